The molecule has 0 aliphatic heterocycles. The van der Waals surface area contributed by atoms with E-state index in [1.165, 1.54) is 0 Å². The minimum absolute atomic E-state index is 0.00731. The second-order valence-corrected chi connectivity index (χ2v) is 4.43. The second kappa shape index (κ2) is 6.73. The molecule has 1 amide bonds. The van der Waals surface area contributed by atoms with Crippen LogP contribution < -0.4 is 15.4 Å². The number of anilines is 1. The van der Waals surface area contributed by atoms with Crippen LogP contribution in [-0.4, -0.2) is 19.6 Å². The number of rotatable bonds is 5. The molecule has 0 unspecified atom stereocenters. The fourth-order valence-corrected chi connectivity index (χ4v) is 1.76. The first kappa shape index (κ1) is 14.1. The summed E-state index contributed by atoms with van der Waals surface area (Å²) < 4.78 is 5.48. The zero-order valence-electron chi connectivity index (χ0n) is 11.5. The molecule has 2 aromatic carbocycles. The Bertz CT molecular complexity index is 552. The van der Waals surface area contributed by atoms with Gasteiger partial charge in [-0.2, -0.15) is 0 Å². The van der Waals surface area contributed by atoms with Crippen molar-refractivity contribution in [3.05, 3.63) is 60.2 Å². The molecule has 0 aliphatic carbocycles. The standard InChI is InChI=1S/C16H18N2O2/c1-18(14-5-3-2-4-6-14)16(19)12-20-15-9-7-13(11-17)8-10-15/h2-10H,11-12,17H2,1H3. The lowest BCUT2D eigenvalue weighted by molar-refractivity contribution is -0.120. The first-order chi connectivity index (χ1) is 9.70. The Morgan fingerprint density at radius 3 is 2.35 bits per heavy atom. The molecule has 20 heavy (non-hydrogen) atoms. The van der Waals surface area contributed by atoms with E-state index in [-0.39, 0.29) is 12.5 Å². The molecule has 0 spiro atoms. The van der Waals surface area contributed by atoms with Gasteiger partial charge in [0.15, 0.2) is 6.61 Å². The van der Waals surface area contributed by atoms with E-state index < -0.39 is 0 Å². The van der Waals surface area contributed by atoms with Gasteiger partial charge in [0.2, 0.25) is 0 Å². The van der Waals surface area contributed by atoms with Crippen LogP contribution in [0.4, 0.5) is 5.69 Å². The Morgan fingerprint density at radius 1 is 1.10 bits per heavy atom. The lowest BCUT2D eigenvalue weighted by atomic mass is 10.2. The monoisotopic (exact) mass is 270 g/mol. The predicted molar refractivity (Wildman–Crippen MR) is 79.7 cm³/mol. The number of carbonyl (C=O) groups is 1. The molecule has 0 bridgehead atoms. The summed E-state index contributed by atoms with van der Waals surface area (Å²) in [5.41, 5.74) is 7.40. The molecule has 0 aromatic heterocycles. The minimum atomic E-state index is -0.0981. The van der Waals surface area contributed by atoms with Crippen molar-refractivity contribution in [2.24, 2.45) is 5.73 Å². The Kier molecular flexibility index (Phi) is 4.74. The van der Waals surface area contributed by atoms with Crippen molar-refractivity contribution in [2.75, 3.05) is 18.6 Å². The van der Waals surface area contributed by atoms with Crippen LogP contribution in [0, 0.1) is 0 Å². The van der Waals surface area contributed by atoms with Crippen molar-refractivity contribution in [1.29, 1.82) is 0 Å². The van der Waals surface area contributed by atoms with Crippen LogP contribution >= 0.6 is 0 Å². The highest BCUT2D eigenvalue weighted by Gasteiger charge is 2.11. The zero-order valence-corrected chi connectivity index (χ0v) is 11.5. The number of carbonyl (C=O) groups excluding carboxylic acids is 1. The molecule has 4 heteroatoms. The highest BCUT2D eigenvalue weighted by molar-refractivity contribution is 5.93. The molecule has 0 saturated heterocycles. The van der Waals surface area contributed by atoms with E-state index in [1.807, 2.05) is 54.6 Å². The molecular weight excluding hydrogens is 252 g/mol. The number of hydrogen-bond donors (Lipinski definition) is 1. The zero-order chi connectivity index (χ0) is 14.4. The van der Waals surface area contributed by atoms with Gasteiger partial charge in [0.1, 0.15) is 5.75 Å². The van der Waals surface area contributed by atoms with Gasteiger partial charge in [-0.05, 0) is 29.8 Å². The number of hydrogen-bond acceptors (Lipinski definition) is 3. The van der Waals surface area contributed by atoms with Gasteiger partial charge in [-0.3, -0.25) is 4.79 Å². The SMILES string of the molecule is CN(C(=O)COc1ccc(CN)cc1)c1ccccc1. The minimum Gasteiger partial charge on any atom is -0.484 e. The van der Waals surface area contributed by atoms with E-state index in [4.69, 9.17) is 10.5 Å². The molecule has 0 aliphatic rings. The predicted octanol–water partition coefficient (Wildman–Crippen LogP) is 2.19. The van der Waals surface area contributed by atoms with Gasteiger partial charge >= 0.3 is 0 Å². The van der Waals surface area contributed by atoms with E-state index in [2.05, 4.69) is 0 Å². The lowest BCUT2D eigenvalue weighted by Gasteiger charge is -2.17. The summed E-state index contributed by atoms with van der Waals surface area (Å²) in [7, 11) is 1.73. The molecule has 2 aromatic rings. The van der Waals surface area contributed by atoms with Gasteiger partial charge in [0.05, 0.1) is 0 Å². The summed E-state index contributed by atoms with van der Waals surface area (Å²) >= 11 is 0. The molecule has 2 N–H and O–H groups in total. The third kappa shape index (κ3) is 3.59. The van der Waals surface area contributed by atoms with E-state index in [0.717, 1.165) is 11.3 Å². The number of benzene rings is 2. The number of ether oxygens (including phenoxy) is 1. The van der Waals surface area contributed by atoms with Gasteiger partial charge < -0.3 is 15.4 Å². The number of amides is 1. The Hall–Kier alpha value is -2.33. The molecule has 2 rings (SSSR count). The molecule has 0 radical (unpaired) electrons. The summed E-state index contributed by atoms with van der Waals surface area (Å²) in [5.74, 6) is 0.566. The van der Waals surface area contributed by atoms with Gasteiger partial charge in [0.25, 0.3) is 5.91 Å². The average molecular weight is 270 g/mol. The van der Waals surface area contributed by atoms with Gasteiger partial charge in [0, 0.05) is 19.3 Å². The topological polar surface area (TPSA) is 55.6 Å². The Labute approximate surface area is 118 Å². The smallest absolute Gasteiger partial charge is 0.264 e. The molecule has 0 atom stereocenters. The molecule has 4 nitrogen and oxygen atoms in total. The van der Waals surface area contributed by atoms with Crippen molar-refractivity contribution in [3.8, 4) is 5.75 Å². The fourth-order valence-electron chi connectivity index (χ4n) is 1.76. The van der Waals surface area contributed by atoms with Crippen molar-refractivity contribution < 1.29 is 9.53 Å². The van der Waals surface area contributed by atoms with Crippen LogP contribution in [0.5, 0.6) is 5.75 Å². The molecule has 0 saturated carbocycles. The van der Waals surface area contributed by atoms with E-state index in [0.29, 0.717) is 12.3 Å². The Balaban J connectivity index is 1.91. The van der Waals surface area contributed by atoms with Crippen LogP contribution in [0.2, 0.25) is 0 Å². The van der Waals surface area contributed by atoms with Crippen molar-refractivity contribution in [1.82, 2.24) is 0 Å². The normalized spacial score (nSPS) is 10.1. The van der Waals surface area contributed by atoms with Crippen LogP contribution in [0.15, 0.2) is 54.6 Å². The van der Waals surface area contributed by atoms with Crippen LogP contribution in [0.25, 0.3) is 0 Å². The van der Waals surface area contributed by atoms with Crippen molar-refractivity contribution in [3.63, 3.8) is 0 Å². The van der Waals surface area contributed by atoms with Crippen molar-refractivity contribution in [2.45, 2.75) is 6.54 Å². The highest BCUT2D eigenvalue weighted by Crippen LogP contribution is 2.14. The van der Waals surface area contributed by atoms with Gasteiger partial charge in [-0.25, -0.2) is 0 Å². The van der Waals surface area contributed by atoms with E-state index in [9.17, 15) is 4.79 Å². The number of para-hydroxylation sites is 1. The third-order valence-corrected chi connectivity index (χ3v) is 3.04. The average Bonchev–Trinajstić information content (AvgIpc) is 2.53. The quantitative estimate of drug-likeness (QED) is 0.906. The maximum atomic E-state index is 12.0. The van der Waals surface area contributed by atoms with E-state index in [1.54, 1.807) is 11.9 Å². The summed E-state index contributed by atoms with van der Waals surface area (Å²) in [5, 5.41) is 0. The largest absolute Gasteiger partial charge is 0.484 e. The summed E-state index contributed by atoms with van der Waals surface area (Å²) in [4.78, 5) is 13.6. The van der Waals surface area contributed by atoms with Gasteiger partial charge in [-0.1, -0.05) is 30.3 Å². The number of nitrogens with zero attached hydrogens (tertiary/aromatic N) is 1. The summed E-state index contributed by atoms with van der Waals surface area (Å²) in [6.07, 6.45) is 0. The van der Waals surface area contributed by atoms with Crippen molar-refractivity contribution >= 4 is 11.6 Å². The first-order valence-corrected chi connectivity index (χ1v) is 6.44. The van der Waals surface area contributed by atoms with Crippen LogP contribution in [0.3, 0.4) is 0 Å². The lowest BCUT2D eigenvalue weighted by Crippen LogP contribution is -2.31. The fraction of sp³-hybridized carbons (Fsp3) is 0.188. The third-order valence-electron chi connectivity index (χ3n) is 3.04. The molecule has 104 valence electrons. The molecule has 0 heterocycles. The van der Waals surface area contributed by atoms with E-state index >= 15 is 0 Å². The van der Waals surface area contributed by atoms with Crippen LogP contribution in [0.1, 0.15) is 5.56 Å². The Morgan fingerprint density at radius 2 is 1.75 bits per heavy atom. The van der Waals surface area contributed by atoms with Gasteiger partial charge in [-0.15, -0.1) is 0 Å². The second-order valence-electron chi connectivity index (χ2n) is 4.43. The highest BCUT2D eigenvalue weighted by atomic mass is 16.5. The van der Waals surface area contributed by atoms with Crippen LogP contribution in [-0.2, 0) is 11.3 Å². The number of likely N-dealkylation sites (N-methyl/N-ethyl adjacent to an activating group) is 1. The summed E-state index contributed by atoms with van der Waals surface area (Å²) in [6.45, 7) is 0.503. The first-order valence-electron chi connectivity index (χ1n) is 6.44. The molecule has 0 fully saturated rings. The summed E-state index contributed by atoms with van der Waals surface area (Å²) in [6, 6.07) is 16.9. The number of nitrogens with two attached hydrogens (primary N) is 1. The maximum absolute atomic E-state index is 12.0. The maximum Gasteiger partial charge on any atom is 0.264 e. The molecular formula is C16H18N2O2.